The SMILES string of the molecule is CC(CNc1ccc(C(N)=S)c2ccccc12)S(C)=O. The van der Waals surface area contributed by atoms with E-state index in [1.54, 1.807) is 6.26 Å². The van der Waals surface area contributed by atoms with Crippen LogP contribution in [-0.4, -0.2) is 27.2 Å². The van der Waals surface area contributed by atoms with Gasteiger partial charge in [0.15, 0.2) is 0 Å². The van der Waals surface area contributed by atoms with Crippen molar-refractivity contribution in [3.05, 3.63) is 42.0 Å². The summed E-state index contributed by atoms with van der Waals surface area (Å²) in [7, 11) is -0.833. The molecular weight excluding hydrogens is 288 g/mol. The first-order chi connectivity index (χ1) is 9.50. The third-order valence-corrected chi connectivity index (χ3v) is 4.86. The van der Waals surface area contributed by atoms with Crippen LogP contribution in [0.4, 0.5) is 5.69 Å². The Balaban J connectivity index is 2.38. The summed E-state index contributed by atoms with van der Waals surface area (Å²) in [6.07, 6.45) is 1.72. The summed E-state index contributed by atoms with van der Waals surface area (Å²) in [5, 5.41) is 5.57. The third kappa shape index (κ3) is 3.16. The number of hydrogen-bond acceptors (Lipinski definition) is 3. The van der Waals surface area contributed by atoms with Gasteiger partial charge in [0, 0.05) is 45.5 Å². The van der Waals surface area contributed by atoms with Crippen LogP contribution in [0.2, 0.25) is 0 Å². The minimum absolute atomic E-state index is 0.101. The highest BCUT2D eigenvalue weighted by molar-refractivity contribution is 7.84. The molecule has 2 rings (SSSR count). The second kappa shape index (κ2) is 6.33. The van der Waals surface area contributed by atoms with Gasteiger partial charge in [-0.1, -0.05) is 36.5 Å². The normalized spacial score (nSPS) is 13.9. The summed E-state index contributed by atoms with van der Waals surface area (Å²) < 4.78 is 11.4. The molecular formula is C15H18N2OS2. The van der Waals surface area contributed by atoms with Crippen molar-refractivity contribution in [2.75, 3.05) is 18.1 Å². The Morgan fingerprint density at radius 1 is 1.30 bits per heavy atom. The van der Waals surface area contributed by atoms with Crippen molar-refractivity contribution < 1.29 is 4.21 Å². The van der Waals surface area contributed by atoms with Crippen LogP contribution in [0.1, 0.15) is 12.5 Å². The molecule has 3 N–H and O–H groups in total. The predicted octanol–water partition coefficient (Wildman–Crippen LogP) is 2.65. The Kier molecular flexibility index (Phi) is 4.73. The van der Waals surface area contributed by atoms with E-state index in [4.69, 9.17) is 18.0 Å². The average Bonchev–Trinajstić information content (AvgIpc) is 2.43. The van der Waals surface area contributed by atoms with E-state index in [0.717, 1.165) is 22.0 Å². The quantitative estimate of drug-likeness (QED) is 0.834. The van der Waals surface area contributed by atoms with E-state index in [0.29, 0.717) is 11.5 Å². The minimum atomic E-state index is -0.833. The molecule has 0 aliphatic rings. The molecule has 0 amide bonds. The Morgan fingerprint density at radius 2 is 1.95 bits per heavy atom. The summed E-state index contributed by atoms with van der Waals surface area (Å²) in [5.74, 6) is 0. The third-order valence-electron chi connectivity index (χ3n) is 3.34. The first-order valence-electron chi connectivity index (χ1n) is 6.38. The lowest BCUT2D eigenvalue weighted by Crippen LogP contribution is -2.20. The zero-order chi connectivity index (χ0) is 14.7. The molecule has 0 spiro atoms. The molecule has 0 saturated heterocycles. The molecule has 0 fully saturated rings. The predicted molar refractivity (Wildman–Crippen MR) is 91.9 cm³/mol. The van der Waals surface area contributed by atoms with Crippen molar-refractivity contribution in [2.45, 2.75) is 12.2 Å². The molecule has 0 radical (unpaired) electrons. The van der Waals surface area contributed by atoms with E-state index in [9.17, 15) is 4.21 Å². The molecule has 106 valence electrons. The first-order valence-corrected chi connectivity index (χ1v) is 8.41. The lowest BCUT2D eigenvalue weighted by molar-refractivity contribution is 0.679. The van der Waals surface area contributed by atoms with Crippen molar-refractivity contribution in [2.24, 2.45) is 5.73 Å². The van der Waals surface area contributed by atoms with Gasteiger partial charge in [-0.2, -0.15) is 0 Å². The standard InChI is InChI=1S/C15H18N2OS2/c1-10(20(2)18)9-17-14-8-7-13(15(16)19)11-5-3-4-6-12(11)14/h3-8,10,17H,9H2,1-2H3,(H2,16,19). The maximum Gasteiger partial charge on any atom is 0.104 e. The Hall–Kier alpha value is -1.46. The molecule has 0 aliphatic heterocycles. The summed E-state index contributed by atoms with van der Waals surface area (Å²) in [5.41, 5.74) is 7.66. The van der Waals surface area contributed by atoms with Crippen molar-refractivity contribution >= 4 is 44.5 Å². The van der Waals surface area contributed by atoms with E-state index in [-0.39, 0.29) is 5.25 Å². The van der Waals surface area contributed by atoms with Crippen molar-refractivity contribution in [1.29, 1.82) is 0 Å². The molecule has 2 aromatic carbocycles. The number of anilines is 1. The number of nitrogens with one attached hydrogen (secondary N) is 1. The van der Waals surface area contributed by atoms with E-state index < -0.39 is 10.8 Å². The molecule has 20 heavy (non-hydrogen) atoms. The fraction of sp³-hybridized carbons (Fsp3) is 0.267. The van der Waals surface area contributed by atoms with E-state index in [2.05, 4.69) is 5.32 Å². The number of thiocarbonyl (C=S) groups is 1. The second-order valence-electron chi connectivity index (χ2n) is 4.76. The molecule has 2 unspecified atom stereocenters. The van der Waals surface area contributed by atoms with Gasteiger partial charge in [-0.25, -0.2) is 0 Å². The molecule has 0 heterocycles. The molecule has 2 aromatic rings. The van der Waals surface area contributed by atoms with Gasteiger partial charge in [0.05, 0.1) is 0 Å². The second-order valence-corrected chi connectivity index (χ2v) is 7.00. The number of nitrogens with two attached hydrogens (primary N) is 1. The Bertz CT molecular complexity index is 670. The van der Waals surface area contributed by atoms with Crippen molar-refractivity contribution in [3.63, 3.8) is 0 Å². The maximum absolute atomic E-state index is 11.4. The van der Waals surface area contributed by atoms with Gasteiger partial charge < -0.3 is 11.1 Å². The molecule has 2 atom stereocenters. The van der Waals surface area contributed by atoms with Crippen LogP contribution in [0, 0.1) is 0 Å². The summed E-state index contributed by atoms with van der Waals surface area (Å²) in [6.45, 7) is 2.63. The highest BCUT2D eigenvalue weighted by Crippen LogP contribution is 2.26. The van der Waals surface area contributed by atoms with Gasteiger partial charge in [-0.3, -0.25) is 4.21 Å². The molecule has 0 aromatic heterocycles. The molecule has 0 aliphatic carbocycles. The van der Waals surface area contributed by atoms with Crippen LogP contribution in [0.25, 0.3) is 10.8 Å². The van der Waals surface area contributed by atoms with Crippen LogP contribution in [0.3, 0.4) is 0 Å². The van der Waals surface area contributed by atoms with Gasteiger partial charge in [-0.05, 0) is 24.4 Å². The first kappa shape index (κ1) is 14.9. The van der Waals surface area contributed by atoms with Crippen LogP contribution in [0.5, 0.6) is 0 Å². The largest absolute Gasteiger partial charge is 0.389 e. The van der Waals surface area contributed by atoms with Crippen molar-refractivity contribution in [3.8, 4) is 0 Å². The lowest BCUT2D eigenvalue weighted by atomic mass is 10.0. The Labute approximate surface area is 127 Å². The van der Waals surface area contributed by atoms with Gasteiger partial charge >= 0.3 is 0 Å². The molecule has 5 heteroatoms. The maximum atomic E-state index is 11.4. The lowest BCUT2D eigenvalue weighted by Gasteiger charge is -2.15. The zero-order valence-corrected chi connectivity index (χ0v) is 13.2. The highest BCUT2D eigenvalue weighted by atomic mass is 32.2. The van der Waals surface area contributed by atoms with Gasteiger partial charge in [0.25, 0.3) is 0 Å². The average molecular weight is 306 g/mol. The number of hydrogen-bond donors (Lipinski definition) is 2. The molecule has 3 nitrogen and oxygen atoms in total. The summed E-state index contributed by atoms with van der Waals surface area (Å²) in [6, 6.07) is 11.9. The minimum Gasteiger partial charge on any atom is -0.389 e. The molecule has 0 bridgehead atoms. The van der Waals surface area contributed by atoms with E-state index in [1.165, 1.54) is 0 Å². The van der Waals surface area contributed by atoms with E-state index >= 15 is 0 Å². The topological polar surface area (TPSA) is 55.1 Å². The zero-order valence-electron chi connectivity index (χ0n) is 11.6. The van der Waals surface area contributed by atoms with E-state index in [1.807, 2.05) is 43.3 Å². The fourth-order valence-corrected chi connectivity index (χ4v) is 2.54. The van der Waals surface area contributed by atoms with Crippen LogP contribution < -0.4 is 11.1 Å². The Morgan fingerprint density at radius 3 is 2.55 bits per heavy atom. The highest BCUT2D eigenvalue weighted by Gasteiger charge is 2.09. The molecule has 0 saturated carbocycles. The van der Waals surface area contributed by atoms with Crippen LogP contribution in [-0.2, 0) is 10.8 Å². The number of benzene rings is 2. The van der Waals surface area contributed by atoms with Gasteiger partial charge in [0.1, 0.15) is 4.99 Å². The number of fused-ring (bicyclic) bond motifs is 1. The summed E-state index contributed by atoms with van der Waals surface area (Å²) >= 11 is 5.09. The van der Waals surface area contributed by atoms with Crippen LogP contribution >= 0.6 is 12.2 Å². The fourth-order valence-electron chi connectivity index (χ4n) is 2.04. The van der Waals surface area contributed by atoms with Crippen LogP contribution in [0.15, 0.2) is 36.4 Å². The monoisotopic (exact) mass is 306 g/mol. The van der Waals surface area contributed by atoms with Crippen molar-refractivity contribution in [1.82, 2.24) is 0 Å². The number of rotatable bonds is 5. The van der Waals surface area contributed by atoms with Gasteiger partial charge in [-0.15, -0.1) is 0 Å². The summed E-state index contributed by atoms with van der Waals surface area (Å²) in [4.78, 5) is 0.399. The van der Waals surface area contributed by atoms with Gasteiger partial charge in [0.2, 0.25) is 0 Å². The smallest absolute Gasteiger partial charge is 0.104 e.